The molecule has 0 unspecified atom stereocenters. The minimum atomic E-state index is -0.299. The maximum absolute atomic E-state index is 12.6. The van der Waals surface area contributed by atoms with Crippen molar-refractivity contribution in [3.63, 3.8) is 0 Å². The van der Waals surface area contributed by atoms with E-state index in [-0.39, 0.29) is 5.91 Å². The van der Waals surface area contributed by atoms with E-state index in [4.69, 9.17) is 11.6 Å². The molecular weight excluding hydrogens is 362 g/mol. The van der Waals surface area contributed by atoms with Crippen molar-refractivity contribution in [3.05, 3.63) is 77.0 Å². The molecule has 0 aliphatic carbocycles. The van der Waals surface area contributed by atoms with Gasteiger partial charge < -0.3 is 10.2 Å². The number of hydrogen-bond donors (Lipinski definition) is 1. The van der Waals surface area contributed by atoms with Crippen molar-refractivity contribution in [2.75, 3.05) is 23.8 Å². The lowest BCUT2D eigenvalue weighted by molar-refractivity contribution is 0.102. The highest BCUT2D eigenvalue weighted by Crippen LogP contribution is 2.23. The first-order chi connectivity index (χ1) is 13.0. The van der Waals surface area contributed by atoms with Gasteiger partial charge in [-0.15, -0.1) is 0 Å². The van der Waals surface area contributed by atoms with E-state index in [2.05, 4.69) is 20.3 Å². The fourth-order valence-corrected chi connectivity index (χ4v) is 2.74. The Morgan fingerprint density at radius 3 is 2.74 bits per heavy atom. The number of rotatable bonds is 6. The lowest BCUT2D eigenvalue weighted by atomic mass is 10.2. The van der Waals surface area contributed by atoms with Crippen molar-refractivity contribution in [2.24, 2.45) is 0 Å². The van der Waals surface area contributed by atoms with Gasteiger partial charge in [-0.25, -0.2) is 9.97 Å². The largest absolute Gasteiger partial charge is 0.359 e. The lowest BCUT2D eigenvalue weighted by Gasteiger charge is -2.18. The van der Waals surface area contributed by atoms with Gasteiger partial charge in [0, 0.05) is 42.8 Å². The van der Waals surface area contributed by atoms with Crippen LogP contribution in [0.25, 0.3) is 0 Å². The molecule has 27 heavy (non-hydrogen) atoms. The molecule has 0 aliphatic rings. The van der Waals surface area contributed by atoms with E-state index >= 15 is 0 Å². The van der Waals surface area contributed by atoms with Crippen molar-refractivity contribution in [2.45, 2.75) is 13.3 Å². The molecule has 3 aromatic rings. The van der Waals surface area contributed by atoms with Gasteiger partial charge in [0.2, 0.25) is 0 Å². The molecule has 2 aromatic heterocycles. The van der Waals surface area contributed by atoms with E-state index in [0.29, 0.717) is 22.2 Å². The molecule has 1 N–H and O–H groups in total. The summed E-state index contributed by atoms with van der Waals surface area (Å²) in [5.41, 5.74) is 2.98. The van der Waals surface area contributed by atoms with Crippen LogP contribution in [-0.2, 0) is 6.42 Å². The topological polar surface area (TPSA) is 71.0 Å². The molecule has 1 amide bonds. The number of nitrogens with zero attached hydrogens (tertiary/aromatic N) is 4. The minimum Gasteiger partial charge on any atom is -0.359 e. The van der Waals surface area contributed by atoms with Crippen LogP contribution in [0.1, 0.15) is 21.6 Å². The van der Waals surface area contributed by atoms with Crippen LogP contribution in [0.5, 0.6) is 0 Å². The third-order valence-corrected chi connectivity index (χ3v) is 4.69. The number of carbonyl (C=O) groups is 1. The maximum Gasteiger partial charge on any atom is 0.274 e. The van der Waals surface area contributed by atoms with Gasteiger partial charge in [-0.05, 0) is 48.7 Å². The smallest absolute Gasteiger partial charge is 0.274 e. The molecule has 0 radical (unpaired) electrons. The minimum absolute atomic E-state index is 0.299. The number of aromatic nitrogens is 3. The highest BCUT2D eigenvalue weighted by Gasteiger charge is 2.13. The molecule has 7 heteroatoms. The van der Waals surface area contributed by atoms with Crippen LogP contribution in [0.3, 0.4) is 0 Å². The Hall–Kier alpha value is -2.99. The first-order valence-corrected chi connectivity index (χ1v) is 8.91. The number of amides is 1. The Kier molecular flexibility index (Phi) is 5.98. The normalized spacial score (nSPS) is 10.5. The van der Waals surface area contributed by atoms with Crippen molar-refractivity contribution in [1.29, 1.82) is 0 Å². The lowest BCUT2D eigenvalue weighted by Crippen LogP contribution is -2.23. The zero-order valence-corrected chi connectivity index (χ0v) is 15.9. The van der Waals surface area contributed by atoms with E-state index < -0.39 is 0 Å². The Bertz CT molecular complexity index is 933. The summed E-state index contributed by atoms with van der Waals surface area (Å²) in [5.74, 6) is 0.388. The van der Waals surface area contributed by atoms with Crippen molar-refractivity contribution in [3.8, 4) is 0 Å². The van der Waals surface area contributed by atoms with Crippen LogP contribution in [0.2, 0.25) is 5.02 Å². The maximum atomic E-state index is 12.6. The number of anilines is 2. The SMILES string of the molecule is Cc1c(Cl)cccc1NC(=O)c1cc(N(C)CCc2ccncc2)ncn1. The third kappa shape index (κ3) is 4.80. The Morgan fingerprint density at radius 2 is 1.96 bits per heavy atom. The summed E-state index contributed by atoms with van der Waals surface area (Å²) in [6.45, 7) is 2.62. The van der Waals surface area contributed by atoms with Crippen molar-refractivity contribution in [1.82, 2.24) is 15.0 Å². The second kappa shape index (κ2) is 8.60. The summed E-state index contributed by atoms with van der Waals surface area (Å²) in [6.07, 6.45) is 5.81. The van der Waals surface area contributed by atoms with Gasteiger partial charge in [0.05, 0.1) is 0 Å². The fourth-order valence-electron chi connectivity index (χ4n) is 2.57. The molecule has 0 saturated heterocycles. The first-order valence-electron chi connectivity index (χ1n) is 8.53. The molecule has 0 saturated carbocycles. The van der Waals surface area contributed by atoms with Gasteiger partial charge in [0.15, 0.2) is 0 Å². The highest BCUT2D eigenvalue weighted by molar-refractivity contribution is 6.31. The van der Waals surface area contributed by atoms with Gasteiger partial charge in [-0.3, -0.25) is 9.78 Å². The summed E-state index contributed by atoms with van der Waals surface area (Å²) in [7, 11) is 1.94. The van der Waals surface area contributed by atoms with Gasteiger partial charge in [0.25, 0.3) is 5.91 Å². The third-order valence-electron chi connectivity index (χ3n) is 4.28. The molecule has 3 rings (SSSR count). The van der Waals surface area contributed by atoms with E-state index in [0.717, 1.165) is 18.5 Å². The Labute approximate surface area is 163 Å². The molecular formula is C20H20ClN5O. The monoisotopic (exact) mass is 381 g/mol. The van der Waals surface area contributed by atoms with Gasteiger partial charge >= 0.3 is 0 Å². The van der Waals surface area contributed by atoms with Gasteiger partial charge in [-0.1, -0.05) is 17.7 Å². The summed E-state index contributed by atoms with van der Waals surface area (Å²) < 4.78 is 0. The number of halogens is 1. The van der Waals surface area contributed by atoms with Crippen LogP contribution >= 0.6 is 11.6 Å². The van der Waals surface area contributed by atoms with Crippen LogP contribution in [0, 0.1) is 6.92 Å². The van der Waals surface area contributed by atoms with Gasteiger partial charge in [-0.2, -0.15) is 0 Å². The standard InChI is InChI=1S/C20H20ClN5O/c1-14-16(21)4-3-5-17(14)25-20(27)18-12-19(24-13-23-18)26(2)11-8-15-6-9-22-10-7-15/h3-7,9-10,12-13H,8,11H2,1-2H3,(H,25,27). The van der Waals surface area contributed by atoms with Gasteiger partial charge in [0.1, 0.15) is 17.8 Å². The van der Waals surface area contributed by atoms with Crippen LogP contribution < -0.4 is 10.2 Å². The second-order valence-electron chi connectivity index (χ2n) is 6.15. The van der Waals surface area contributed by atoms with Crippen LogP contribution in [-0.4, -0.2) is 34.5 Å². The average Bonchev–Trinajstić information content (AvgIpc) is 2.70. The zero-order chi connectivity index (χ0) is 19.2. The molecule has 138 valence electrons. The molecule has 0 bridgehead atoms. The predicted octanol–water partition coefficient (Wildman–Crippen LogP) is 3.76. The van der Waals surface area contributed by atoms with Crippen LogP contribution in [0.4, 0.5) is 11.5 Å². The number of likely N-dealkylation sites (N-methyl/N-ethyl adjacent to an activating group) is 1. The number of hydrogen-bond acceptors (Lipinski definition) is 5. The molecule has 2 heterocycles. The number of pyridine rings is 1. The summed E-state index contributed by atoms with van der Waals surface area (Å²) in [4.78, 5) is 26.9. The van der Waals surface area contributed by atoms with E-state index in [1.807, 2.05) is 37.1 Å². The molecule has 1 aromatic carbocycles. The first kappa shape index (κ1) is 18.8. The molecule has 0 atom stereocenters. The van der Waals surface area contributed by atoms with E-state index in [9.17, 15) is 4.79 Å². The average molecular weight is 382 g/mol. The van der Waals surface area contributed by atoms with E-state index in [1.54, 1.807) is 30.6 Å². The highest BCUT2D eigenvalue weighted by atomic mass is 35.5. The number of carbonyl (C=O) groups excluding carboxylic acids is 1. The van der Waals surface area contributed by atoms with Crippen molar-refractivity contribution >= 4 is 29.0 Å². The summed E-state index contributed by atoms with van der Waals surface area (Å²) in [6, 6.07) is 11.0. The van der Waals surface area contributed by atoms with Crippen LogP contribution in [0.15, 0.2) is 55.1 Å². The predicted molar refractivity (Wildman–Crippen MR) is 107 cm³/mol. The molecule has 0 fully saturated rings. The quantitative estimate of drug-likeness (QED) is 0.703. The molecule has 0 aliphatic heterocycles. The zero-order valence-electron chi connectivity index (χ0n) is 15.2. The molecule has 6 nitrogen and oxygen atoms in total. The van der Waals surface area contributed by atoms with E-state index in [1.165, 1.54) is 11.9 Å². The second-order valence-corrected chi connectivity index (χ2v) is 6.56. The Morgan fingerprint density at radius 1 is 1.19 bits per heavy atom. The Balaban J connectivity index is 1.69. The van der Waals surface area contributed by atoms with Crippen molar-refractivity contribution < 1.29 is 4.79 Å². The molecule has 0 spiro atoms. The fraction of sp³-hybridized carbons (Fsp3) is 0.200. The summed E-state index contributed by atoms with van der Waals surface area (Å²) >= 11 is 6.11. The number of benzene rings is 1. The summed E-state index contributed by atoms with van der Waals surface area (Å²) in [5, 5.41) is 3.46. The number of nitrogens with one attached hydrogen (secondary N) is 1.